The molecule has 0 atom stereocenters. The van der Waals surface area contributed by atoms with Gasteiger partial charge in [0, 0.05) is 11.5 Å². The molecule has 17 heavy (non-hydrogen) atoms. The van der Waals surface area contributed by atoms with Crippen LogP contribution in [0.5, 0.6) is 5.88 Å². The lowest BCUT2D eigenvalue weighted by molar-refractivity contribution is 0.397. The Hall–Kier alpha value is -2.36. The third-order valence-corrected chi connectivity index (χ3v) is 2.59. The maximum absolute atomic E-state index is 5.03. The molecule has 0 unspecified atom stereocenters. The fourth-order valence-corrected chi connectivity index (χ4v) is 1.74. The number of pyridine rings is 1. The van der Waals surface area contributed by atoms with E-state index in [9.17, 15) is 0 Å². The summed E-state index contributed by atoms with van der Waals surface area (Å²) in [4.78, 5) is 4.17. The molecule has 0 aliphatic rings. The molecule has 4 heteroatoms. The van der Waals surface area contributed by atoms with Crippen LogP contribution in [0.15, 0.2) is 42.7 Å². The molecule has 83 valence electrons. The van der Waals surface area contributed by atoms with Crippen LogP contribution in [0.2, 0.25) is 0 Å². The van der Waals surface area contributed by atoms with E-state index in [1.165, 1.54) is 0 Å². The Morgan fingerprint density at radius 3 is 2.94 bits per heavy atom. The molecule has 0 saturated carbocycles. The molecule has 1 radical (unpaired) electrons. The first-order valence-electron chi connectivity index (χ1n) is 5.23. The molecule has 0 N–H and O–H groups in total. The summed E-state index contributed by atoms with van der Waals surface area (Å²) in [7, 11) is 1.60. The molecule has 3 rings (SSSR count). The minimum Gasteiger partial charge on any atom is -0.481 e. The number of nitrogens with zero attached hydrogens (tertiary/aromatic N) is 3. The Bertz CT molecular complexity index is 643. The van der Waals surface area contributed by atoms with Gasteiger partial charge in [0.1, 0.15) is 0 Å². The van der Waals surface area contributed by atoms with Gasteiger partial charge in [0.2, 0.25) is 5.88 Å². The van der Waals surface area contributed by atoms with Crippen LogP contribution >= 0.6 is 0 Å². The first kappa shape index (κ1) is 9.84. The van der Waals surface area contributed by atoms with Crippen molar-refractivity contribution in [1.29, 1.82) is 0 Å². The number of fused-ring (bicyclic) bond motifs is 1. The number of methoxy groups -OCH3 is 1. The summed E-state index contributed by atoms with van der Waals surface area (Å²) in [6.07, 6.45) is 3.55. The number of aromatic nitrogens is 3. The first-order valence-corrected chi connectivity index (χ1v) is 5.23. The average Bonchev–Trinajstić information content (AvgIpc) is 2.83. The highest BCUT2D eigenvalue weighted by Gasteiger charge is 2.04. The highest BCUT2D eigenvalue weighted by molar-refractivity contribution is 5.79. The number of hydrogen-bond donors (Lipinski definition) is 0. The van der Waals surface area contributed by atoms with Crippen LogP contribution in [0.1, 0.15) is 0 Å². The molecular formula is C13H10N3O. The Morgan fingerprint density at radius 2 is 2.18 bits per heavy atom. The summed E-state index contributed by atoms with van der Waals surface area (Å²) in [5.74, 6) is 0.596. The Labute approximate surface area is 98.5 Å². The van der Waals surface area contributed by atoms with Gasteiger partial charge in [0.15, 0.2) is 0 Å². The number of benzene rings is 1. The van der Waals surface area contributed by atoms with E-state index < -0.39 is 0 Å². The second-order valence-electron chi connectivity index (χ2n) is 3.60. The number of ether oxygens (including phenoxy) is 1. The number of hydrogen-bond acceptors (Lipinski definition) is 3. The molecule has 0 amide bonds. The van der Waals surface area contributed by atoms with Crippen LogP contribution in [0.25, 0.3) is 16.6 Å². The van der Waals surface area contributed by atoms with E-state index in [0.29, 0.717) is 5.88 Å². The minimum atomic E-state index is 0.596. The van der Waals surface area contributed by atoms with Crippen molar-refractivity contribution in [3.63, 3.8) is 0 Å². The summed E-state index contributed by atoms with van der Waals surface area (Å²) >= 11 is 0. The van der Waals surface area contributed by atoms with Crippen molar-refractivity contribution in [1.82, 2.24) is 14.8 Å². The topological polar surface area (TPSA) is 39.9 Å². The maximum Gasteiger partial charge on any atom is 0.213 e. The molecule has 2 heterocycles. The van der Waals surface area contributed by atoms with Crippen LogP contribution in [0.3, 0.4) is 0 Å². The van der Waals surface area contributed by atoms with Gasteiger partial charge in [-0.1, -0.05) is 6.07 Å². The lowest BCUT2D eigenvalue weighted by Crippen LogP contribution is -1.97. The van der Waals surface area contributed by atoms with Gasteiger partial charge in [0.25, 0.3) is 0 Å². The van der Waals surface area contributed by atoms with Crippen molar-refractivity contribution in [2.24, 2.45) is 0 Å². The fourth-order valence-electron chi connectivity index (χ4n) is 1.74. The second-order valence-corrected chi connectivity index (χ2v) is 3.60. The van der Waals surface area contributed by atoms with Gasteiger partial charge >= 0.3 is 0 Å². The van der Waals surface area contributed by atoms with Gasteiger partial charge in [0.05, 0.1) is 30.7 Å². The highest BCUT2D eigenvalue weighted by atomic mass is 16.5. The molecule has 2 aromatic heterocycles. The van der Waals surface area contributed by atoms with E-state index in [1.807, 2.05) is 41.2 Å². The van der Waals surface area contributed by atoms with Crippen LogP contribution < -0.4 is 4.74 Å². The molecule has 0 saturated heterocycles. The van der Waals surface area contributed by atoms with Gasteiger partial charge in [-0.05, 0) is 24.3 Å². The van der Waals surface area contributed by atoms with Crippen molar-refractivity contribution in [3.8, 4) is 11.6 Å². The second kappa shape index (κ2) is 3.90. The normalized spacial score (nSPS) is 10.6. The van der Waals surface area contributed by atoms with Gasteiger partial charge in [-0.3, -0.25) is 0 Å². The molecule has 0 bridgehead atoms. The lowest BCUT2D eigenvalue weighted by atomic mass is 10.2. The Morgan fingerprint density at radius 1 is 1.24 bits per heavy atom. The van der Waals surface area contributed by atoms with Gasteiger partial charge in [-0.25, -0.2) is 9.67 Å². The Kier molecular flexibility index (Phi) is 2.26. The summed E-state index contributed by atoms with van der Waals surface area (Å²) in [5, 5.41) is 5.40. The van der Waals surface area contributed by atoms with E-state index >= 15 is 0 Å². The monoisotopic (exact) mass is 224 g/mol. The molecular weight excluding hydrogens is 214 g/mol. The standard InChI is InChI=1S/C13H10N3O/c1-17-13-7-6-11(9-14-13)16-12-5-3-2-4-10(12)8-15-16/h3-9H,1H3. The van der Waals surface area contributed by atoms with E-state index in [1.54, 1.807) is 13.3 Å². The summed E-state index contributed by atoms with van der Waals surface area (Å²) in [5.41, 5.74) is 1.95. The third kappa shape index (κ3) is 1.63. The largest absolute Gasteiger partial charge is 0.481 e. The van der Waals surface area contributed by atoms with Crippen LogP contribution in [0.4, 0.5) is 0 Å². The molecule has 3 aromatic rings. The predicted octanol–water partition coefficient (Wildman–Crippen LogP) is 2.23. The van der Waals surface area contributed by atoms with Crippen LogP contribution in [-0.4, -0.2) is 21.9 Å². The average molecular weight is 224 g/mol. The van der Waals surface area contributed by atoms with Crippen molar-refractivity contribution >= 4 is 10.9 Å². The minimum absolute atomic E-state index is 0.596. The van der Waals surface area contributed by atoms with E-state index in [-0.39, 0.29) is 0 Å². The summed E-state index contributed by atoms with van der Waals surface area (Å²) in [6.45, 7) is 0. The fraction of sp³-hybridized carbons (Fsp3) is 0.0769. The maximum atomic E-state index is 5.03. The molecule has 0 fully saturated rings. The smallest absolute Gasteiger partial charge is 0.213 e. The van der Waals surface area contributed by atoms with Crippen LogP contribution in [0, 0.1) is 6.07 Å². The van der Waals surface area contributed by atoms with Gasteiger partial charge in [-0.15, -0.1) is 0 Å². The zero-order valence-corrected chi connectivity index (χ0v) is 9.29. The van der Waals surface area contributed by atoms with E-state index in [4.69, 9.17) is 4.74 Å². The van der Waals surface area contributed by atoms with E-state index in [0.717, 1.165) is 16.6 Å². The number of rotatable bonds is 2. The molecule has 0 aliphatic carbocycles. The lowest BCUT2D eigenvalue weighted by Gasteiger charge is -2.03. The first-order chi connectivity index (χ1) is 8.38. The predicted molar refractivity (Wildman–Crippen MR) is 64.3 cm³/mol. The summed E-state index contributed by atoms with van der Waals surface area (Å²) < 4.78 is 6.87. The zero-order chi connectivity index (χ0) is 11.7. The van der Waals surface area contributed by atoms with Crippen molar-refractivity contribution in [2.45, 2.75) is 0 Å². The third-order valence-electron chi connectivity index (χ3n) is 2.59. The van der Waals surface area contributed by atoms with Gasteiger partial charge in [-0.2, -0.15) is 5.10 Å². The summed E-state index contributed by atoms with van der Waals surface area (Å²) in [6, 6.07) is 12.5. The highest BCUT2D eigenvalue weighted by Crippen LogP contribution is 2.18. The molecule has 4 nitrogen and oxygen atoms in total. The van der Waals surface area contributed by atoms with Crippen molar-refractivity contribution in [3.05, 3.63) is 48.8 Å². The molecule has 0 aliphatic heterocycles. The SMILES string of the molecule is COc1ccc(-n2ncc3c[c]ccc32)cn1. The van der Waals surface area contributed by atoms with Crippen molar-refractivity contribution in [2.75, 3.05) is 7.11 Å². The quantitative estimate of drug-likeness (QED) is 0.670. The van der Waals surface area contributed by atoms with E-state index in [2.05, 4.69) is 16.1 Å². The Balaban J connectivity index is 2.13. The van der Waals surface area contributed by atoms with Crippen molar-refractivity contribution < 1.29 is 4.74 Å². The zero-order valence-electron chi connectivity index (χ0n) is 9.29. The van der Waals surface area contributed by atoms with Crippen LogP contribution in [-0.2, 0) is 0 Å². The molecule has 0 spiro atoms. The van der Waals surface area contributed by atoms with Gasteiger partial charge < -0.3 is 4.74 Å². The molecule has 1 aromatic carbocycles.